The predicted molar refractivity (Wildman–Crippen MR) is 48.0 cm³/mol. The topological polar surface area (TPSA) is 42.2 Å². The van der Waals surface area contributed by atoms with Crippen LogP contribution in [0.4, 0.5) is 0 Å². The number of pyridine rings is 1. The van der Waals surface area contributed by atoms with Crippen LogP contribution < -0.4 is 5.73 Å². The molecule has 0 saturated carbocycles. The van der Waals surface area contributed by atoms with E-state index in [1.165, 1.54) is 0 Å². The van der Waals surface area contributed by atoms with Crippen molar-refractivity contribution in [2.45, 2.75) is 6.17 Å². The molecule has 1 aliphatic heterocycles. The lowest BCUT2D eigenvalue weighted by molar-refractivity contribution is 0.335. The molecule has 2 heterocycles. The van der Waals surface area contributed by atoms with Crippen LogP contribution in [-0.4, -0.2) is 16.9 Å². The van der Waals surface area contributed by atoms with Gasteiger partial charge in [0, 0.05) is 25.0 Å². The minimum absolute atomic E-state index is 0.105. The first-order chi connectivity index (χ1) is 5.79. The van der Waals surface area contributed by atoms with Crippen LogP contribution in [0.15, 0.2) is 24.5 Å². The van der Waals surface area contributed by atoms with Crippen molar-refractivity contribution in [1.29, 1.82) is 0 Å². The molecule has 0 aromatic carbocycles. The van der Waals surface area contributed by atoms with Crippen LogP contribution >= 0.6 is 0 Å². The monoisotopic (exact) mass is 161 g/mol. The van der Waals surface area contributed by atoms with E-state index in [4.69, 9.17) is 5.73 Å². The van der Waals surface area contributed by atoms with Crippen LogP contribution in [0.3, 0.4) is 0 Å². The summed E-state index contributed by atoms with van der Waals surface area (Å²) in [4.78, 5) is 6.17. The third-order valence-corrected chi connectivity index (χ3v) is 2.08. The standard InChI is InChI=1S/C9H11N3/c1-12-6-4-7-3-2-5-11-8(7)9(12)10/h2-6,9H,10H2,1H3. The average Bonchev–Trinajstić information content (AvgIpc) is 2.12. The summed E-state index contributed by atoms with van der Waals surface area (Å²) in [5.41, 5.74) is 7.96. The third kappa shape index (κ3) is 0.987. The molecule has 1 atom stereocenters. The molecule has 3 nitrogen and oxygen atoms in total. The highest BCUT2D eigenvalue weighted by atomic mass is 15.2. The van der Waals surface area contributed by atoms with Gasteiger partial charge < -0.3 is 10.6 Å². The molecule has 12 heavy (non-hydrogen) atoms. The van der Waals surface area contributed by atoms with Crippen molar-refractivity contribution >= 4 is 6.08 Å². The summed E-state index contributed by atoms with van der Waals surface area (Å²) in [5, 5.41) is 0. The minimum atomic E-state index is -0.105. The SMILES string of the molecule is CN1C=Cc2cccnc2C1N. The lowest BCUT2D eigenvalue weighted by Crippen LogP contribution is -2.30. The first kappa shape index (κ1) is 7.31. The van der Waals surface area contributed by atoms with Crippen molar-refractivity contribution in [3.05, 3.63) is 35.8 Å². The lowest BCUT2D eigenvalue weighted by atomic mass is 10.1. The van der Waals surface area contributed by atoms with Crippen LogP contribution in [0, 0.1) is 0 Å². The Bertz CT molecular complexity index is 319. The fraction of sp³-hybridized carbons (Fsp3) is 0.222. The summed E-state index contributed by atoms with van der Waals surface area (Å²) in [6.07, 6.45) is 5.65. The fourth-order valence-corrected chi connectivity index (χ4v) is 1.30. The largest absolute Gasteiger partial charge is 0.360 e. The number of hydrogen-bond acceptors (Lipinski definition) is 3. The van der Waals surface area contributed by atoms with Gasteiger partial charge in [0.1, 0.15) is 6.17 Å². The second kappa shape index (κ2) is 2.60. The Morgan fingerprint density at radius 2 is 2.42 bits per heavy atom. The Morgan fingerprint density at radius 1 is 1.58 bits per heavy atom. The lowest BCUT2D eigenvalue weighted by Gasteiger charge is -2.27. The molecule has 62 valence electrons. The Kier molecular flexibility index (Phi) is 1.59. The first-order valence-corrected chi connectivity index (χ1v) is 3.89. The Hall–Kier alpha value is -1.35. The third-order valence-electron chi connectivity index (χ3n) is 2.08. The molecule has 1 aromatic heterocycles. The molecule has 0 amide bonds. The maximum absolute atomic E-state index is 5.90. The molecule has 2 rings (SSSR count). The maximum Gasteiger partial charge on any atom is 0.121 e. The summed E-state index contributed by atoms with van der Waals surface area (Å²) in [6, 6.07) is 3.94. The fourth-order valence-electron chi connectivity index (χ4n) is 1.30. The quantitative estimate of drug-likeness (QED) is 0.616. The van der Waals surface area contributed by atoms with Gasteiger partial charge in [0.05, 0.1) is 5.69 Å². The van der Waals surface area contributed by atoms with E-state index >= 15 is 0 Å². The minimum Gasteiger partial charge on any atom is -0.360 e. The highest BCUT2D eigenvalue weighted by Crippen LogP contribution is 2.22. The molecule has 3 heteroatoms. The Morgan fingerprint density at radius 3 is 3.25 bits per heavy atom. The number of fused-ring (bicyclic) bond motifs is 1. The van der Waals surface area contributed by atoms with Gasteiger partial charge in [-0.05, 0) is 12.1 Å². The highest BCUT2D eigenvalue weighted by Gasteiger charge is 2.16. The van der Waals surface area contributed by atoms with E-state index in [1.807, 2.05) is 36.4 Å². The van der Waals surface area contributed by atoms with Crippen molar-refractivity contribution < 1.29 is 0 Å². The van der Waals surface area contributed by atoms with Crippen LogP contribution in [-0.2, 0) is 0 Å². The molecule has 0 bridgehead atoms. The molecule has 0 saturated heterocycles. The van der Waals surface area contributed by atoms with Gasteiger partial charge in [-0.25, -0.2) is 0 Å². The van der Waals surface area contributed by atoms with Gasteiger partial charge in [-0.15, -0.1) is 0 Å². The Balaban J connectivity index is 2.52. The van der Waals surface area contributed by atoms with Crippen molar-refractivity contribution in [1.82, 2.24) is 9.88 Å². The molecular weight excluding hydrogens is 150 g/mol. The van der Waals surface area contributed by atoms with Crippen molar-refractivity contribution in [3.8, 4) is 0 Å². The number of nitrogens with zero attached hydrogens (tertiary/aromatic N) is 2. The smallest absolute Gasteiger partial charge is 0.121 e. The average molecular weight is 161 g/mol. The molecule has 2 N–H and O–H groups in total. The summed E-state index contributed by atoms with van der Waals surface area (Å²) in [7, 11) is 1.94. The number of hydrogen-bond donors (Lipinski definition) is 1. The van der Waals surface area contributed by atoms with E-state index < -0.39 is 0 Å². The van der Waals surface area contributed by atoms with E-state index in [-0.39, 0.29) is 6.17 Å². The van der Waals surface area contributed by atoms with E-state index in [0.29, 0.717) is 0 Å². The van der Waals surface area contributed by atoms with Gasteiger partial charge in [0.2, 0.25) is 0 Å². The van der Waals surface area contributed by atoms with E-state index in [0.717, 1.165) is 11.3 Å². The van der Waals surface area contributed by atoms with Crippen LogP contribution in [0.2, 0.25) is 0 Å². The molecule has 1 aliphatic rings. The van der Waals surface area contributed by atoms with Crippen LogP contribution in [0.5, 0.6) is 0 Å². The summed E-state index contributed by atoms with van der Waals surface area (Å²) in [6.45, 7) is 0. The number of aromatic nitrogens is 1. The van der Waals surface area contributed by atoms with E-state index in [2.05, 4.69) is 4.98 Å². The number of nitrogens with two attached hydrogens (primary N) is 1. The molecule has 1 unspecified atom stereocenters. The van der Waals surface area contributed by atoms with E-state index in [1.54, 1.807) is 6.20 Å². The summed E-state index contributed by atoms with van der Waals surface area (Å²) >= 11 is 0. The van der Waals surface area contributed by atoms with Gasteiger partial charge in [-0.3, -0.25) is 4.98 Å². The van der Waals surface area contributed by atoms with Gasteiger partial charge >= 0.3 is 0 Å². The maximum atomic E-state index is 5.90. The summed E-state index contributed by atoms with van der Waals surface area (Å²) in [5.74, 6) is 0. The highest BCUT2D eigenvalue weighted by molar-refractivity contribution is 5.54. The predicted octanol–water partition coefficient (Wildman–Crippen LogP) is 0.955. The molecule has 0 fully saturated rings. The van der Waals surface area contributed by atoms with Gasteiger partial charge in [-0.2, -0.15) is 0 Å². The van der Waals surface area contributed by atoms with Crippen molar-refractivity contribution in [2.24, 2.45) is 5.73 Å². The van der Waals surface area contributed by atoms with Crippen LogP contribution in [0.1, 0.15) is 17.4 Å². The zero-order valence-electron chi connectivity index (χ0n) is 6.94. The second-order valence-electron chi connectivity index (χ2n) is 2.90. The van der Waals surface area contributed by atoms with Crippen molar-refractivity contribution in [2.75, 3.05) is 7.05 Å². The molecular formula is C9H11N3. The van der Waals surface area contributed by atoms with Crippen molar-refractivity contribution in [3.63, 3.8) is 0 Å². The van der Waals surface area contributed by atoms with Crippen LogP contribution in [0.25, 0.3) is 6.08 Å². The van der Waals surface area contributed by atoms with Gasteiger partial charge in [-0.1, -0.05) is 6.07 Å². The second-order valence-corrected chi connectivity index (χ2v) is 2.90. The molecule has 0 spiro atoms. The zero-order valence-corrected chi connectivity index (χ0v) is 6.94. The van der Waals surface area contributed by atoms with Gasteiger partial charge in [0.25, 0.3) is 0 Å². The zero-order chi connectivity index (χ0) is 8.55. The molecule has 1 aromatic rings. The normalized spacial score (nSPS) is 20.8. The Labute approximate surface area is 71.5 Å². The molecule has 0 radical (unpaired) electrons. The molecule has 0 aliphatic carbocycles. The summed E-state index contributed by atoms with van der Waals surface area (Å²) < 4.78 is 0. The van der Waals surface area contributed by atoms with E-state index in [9.17, 15) is 0 Å². The number of rotatable bonds is 0. The van der Waals surface area contributed by atoms with Gasteiger partial charge in [0.15, 0.2) is 0 Å². The first-order valence-electron chi connectivity index (χ1n) is 3.89.